The number of hydrogen-bond donors (Lipinski definition) is 4. The number of benzene rings is 1. The summed E-state index contributed by atoms with van der Waals surface area (Å²) in [5, 5.41) is 10.1. The van der Waals surface area contributed by atoms with Crippen LogP contribution in [0, 0.1) is 17.8 Å². The second-order valence-electron chi connectivity index (χ2n) is 10.1. The Kier molecular flexibility index (Phi) is 9.86. The van der Waals surface area contributed by atoms with E-state index in [9.17, 15) is 24.0 Å². The van der Waals surface area contributed by atoms with Crippen molar-refractivity contribution in [1.82, 2.24) is 26.2 Å². The third-order valence-corrected chi connectivity index (χ3v) is 8.02. The van der Waals surface area contributed by atoms with E-state index >= 15 is 0 Å². The minimum atomic E-state index is -1.12. The minimum Gasteiger partial charge on any atom is -0.436 e. The Bertz CT molecular complexity index is 1140. The van der Waals surface area contributed by atoms with Crippen LogP contribution in [0.15, 0.2) is 30.3 Å². The van der Waals surface area contributed by atoms with Crippen LogP contribution in [-0.4, -0.2) is 77.5 Å². The van der Waals surface area contributed by atoms with Crippen LogP contribution in [0.25, 0.3) is 0 Å². The number of alkyl carbamates (subject to hydrolysis) is 1. The third kappa shape index (κ3) is 7.03. The average Bonchev–Trinajstić information content (AvgIpc) is 3.10. The number of ether oxygens (including phenoxy) is 1. The van der Waals surface area contributed by atoms with Gasteiger partial charge in [0.05, 0.1) is 11.9 Å². The summed E-state index contributed by atoms with van der Waals surface area (Å²) in [4.78, 5) is 66.3. The van der Waals surface area contributed by atoms with Gasteiger partial charge < -0.3 is 30.9 Å². The smallest absolute Gasteiger partial charge is 0.407 e. The van der Waals surface area contributed by atoms with Crippen LogP contribution < -0.4 is 21.3 Å². The molecule has 2 unspecified atom stereocenters. The summed E-state index contributed by atoms with van der Waals surface area (Å²) < 4.78 is 4.98. The Labute approximate surface area is 232 Å². The summed E-state index contributed by atoms with van der Waals surface area (Å²) in [6.07, 6.45) is 4.32. The number of fused-ring (bicyclic) bond motifs is 1. The Morgan fingerprint density at radius 1 is 1.21 bits per heavy atom. The lowest BCUT2D eigenvalue weighted by Crippen LogP contribution is -2.58. The molecule has 12 heteroatoms. The first-order valence-corrected chi connectivity index (χ1v) is 13.7. The van der Waals surface area contributed by atoms with E-state index in [0.29, 0.717) is 24.2 Å². The molecule has 2 fully saturated rings. The predicted octanol–water partition coefficient (Wildman–Crippen LogP) is 0.913. The van der Waals surface area contributed by atoms with Crippen LogP contribution in [0.5, 0.6) is 0 Å². The fraction of sp³-hybridized carbons (Fsp3) is 0.519. The molecule has 2 aliphatic rings. The van der Waals surface area contributed by atoms with Crippen molar-refractivity contribution in [3.63, 3.8) is 0 Å². The molecule has 0 saturated carbocycles. The summed E-state index contributed by atoms with van der Waals surface area (Å²) in [6.45, 7) is 5.22. The maximum atomic E-state index is 13.8. The molecule has 11 nitrogen and oxygen atoms in total. The summed E-state index contributed by atoms with van der Waals surface area (Å²) in [6, 6.07) is 5.95. The summed E-state index contributed by atoms with van der Waals surface area (Å²) in [5.74, 6) is 0.967. The maximum absolute atomic E-state index is 13.8. The van der Waals surface area contributed by atoms with Gasteiger partial charge in [0.25, 0.3) is 5.91 Å². The monoisotopic (exact) mass is 557 g/mol. The van der Waals surface area contributed by atoms with Crippen molar-refractivity contribution in [2.75, 3.05) is 19.3 Å². The van der Waals surface area contributed by atoms with Gasteiger partial charge in [-0.05, 0) is 36.5 Å². The molecule has 3 rings (SSSR count). The van der Waals surface area contributed by atoms with Gasteiger partial charge in [0.15, 0.2) is 6.10 Å². The fourth-order valence-corrected chi connectivity index (χ4v) is 6.40. The zero-order valence-electron chi connectivity index (χ0n) is 22.5. The molecule has 0 aliphatic carbocycles. The van der Waals surface area contributed by atoms with E-state index < -0.39 is 59.4 Å². The molecular weight excluding hydrogens is 522 g/mol. The van der Waals surface area contributed by atoms with Crippen molar-refractivity contribution in [1.29, 1.82) is 0 Å². The molecule has 210 valence electrons. The lowest BCUT2D eigenvalue weighted by atomic mass is 9.83. The highest BCUT2D eigenvalue weighted by molar-refractivity contribution is 7.99. The second-order valence-corrected chi connectivity index (χ2v) is 11.4. The van der Waals surface area contributed by atoms with Gasteiger partial charge in [-0.3, -0.25) is 19.2 Å². The first-order chi connectivity index (χ1) is 18.5. The highest BCUT2D eigenvalue weighted by Crippen LogP contribution is 2.46. The number of rotatable bonds is 8. The van der Waals surface area contributed by atoms with Gasteiger partial charge in [-0.15, -0.1) is 18.2 Å². The van der Waals surface area contributed by atoms with Crippen molar-refractivity contribution in [3.8, 4) is 12.3 Å². The van der Waals surface area contributed by atoms with Crippen LogP contribution in [0.3, 0.4) is 0 Å². The minimum absolute atomic E-state index is 0.000283. The molecule has 4 N–H and O–H groups in total. The lowest BCUT2D eigenvalue weighted by Gasteiger charge is -2.35. The molecule has 2 aliphatic heterocycles. The Hall–Kier alpha value is -3.72. The molecule has 0 radical (unpaired) electrons. The normalized spacial score (nSPS) is 23.2. The average molecular weight is 558 g/mol. The molecule has 2 saturated heterocycles. The number of nitrogens with zero attached hydrogens (tertiary/aromatic N) is 1. The van der Waals surface area contributed by atoms with Gasteiger partial charge in [-0.1, -0.05) is 50.1 Å². The first kappa shape index (κ1) is 29.8. The van der Waals surface area contributed by atoms with E-state index in [0.717, 1.165) is 0 Å². The molecule has 2 heterocycles. The van der Waals surface area contributed by atoms with E-state index in [1.54, 1.807) is 42.1 Å². The largest absolute Gasteiger partial charge is 0.436 e. The standard InChI is InChI=1S/C27H35N5O6S/c1-6-13-29-23(34)20(17-10-8-7-9-11-17)31-24(35)21-27(3,4)15-19-32(21)25(36)18(12-14-39-19)30-22(33)16(2)38-26(37)28-5/h1,7-11,16,18-21H,12-15H2,2-5H3,(H,28,37)(H,29,34)(H,30,33)(H,31,35)/t16?,18-,19-,20?,21+/m0/s1. The SMILES string of the molecule is C#CCNC(=O)C(NC(=O)[C@H]1N2C(=O)[C@@H](NC(=O)C(C)OC(=O)NC)CCS[C@H]2CC1(C)C)c1ccccc1. The number of terminal acetylenes is 1. The van der Waals surface area contributed by atoms with Crippen LogP contribution in [0.1, 0.15) is 45.2 Å². The molecule has 39 heavy (non-hydrogen) atoms. The van der Waals surface area contributed by atoms with Crippen molar-refractivity contribution in [2.24, 2.45) is 5.41 Å². The Morgan fingerprint density at radius 3 is 2.54 bits per heavy atom. The molecule has 1 aromatic rings. The molecule has 0 aromatic heterocycles. The molecule has 1 aromatic carbocycles. The number of amides is 5. The van der Waals surface area contributed by atoms with Gasteiger partial charge in [0.1, 0.15) is 18.1 Å². The lowest BCUT2D eigenvalue weighted by molar-refractivity contribution is -0.145. The van der Waals surface area contributed by atoms with Gasteiger partial charge in [-0.25, -0.2) is 4.79 Å². The Balaban J connectivity index is 1.84. The van der Waals surface area contributed by atoms with Crippen LogP contribution in [0.2, 0.25) is 0 Å². The Morgan fingerprint density at radius 2 is 1.90 bits per heavy atom. The van der Waals surface area contributed by atoms with Gasteiger partial charge >= 0.3 is 6.09 Å². The van der Waals surface area contributed by atoms with E-state index in [2.05, 4.69) is 27.2 Å². The fourth-order valence-electron chi connectivity index (χ4n) is 4.82. The van der Waals surface area contributed by atoms with Crippen molar-refractivity contribution < 1.29 is 28.7 Å². The topological polar surface area (TPSA) is 146 Å². The van der Waals surface area contributed by atoms with Crippen LogP contribution >= 0.6 is 11.8 Å². The number of hydrogen-bond acceptors (Lipinski definition) is 7. The number of thioether (sulfide) groups is 1. The summed E-state index contributed by atoms with van der Waals surface area (Å²) >= 11 is 1.55. The van der Waals surface area contributed by atoms with Crippen molar-refractivity contribution in [3.05, 3.63) is 35.9 Å². The zero-order valence-corrected chi connectivity index (χ0v) is 23.3. The van der Waals surface area contributed by atoms with Crippen molar-refractivity contribution in [2.45, 2.75) is 63.2 Å². The third-order valence-electron chi connectivity index (χ3n) is 6.77. The molecule has 0 bridgehead atoms. The van der Waals surface area contributed by atoms with Crippen LogP contribution in [0.4, 0.5) is 4.79 Å². The first-order valence-electron chi connectivity index (χ1n) is 12.7. The van der Waals surface area contributed by atoms with Crippen LogP contribution in [-0.2, 0) is 23.9 Å². The van der Waals surface area contributed by atoms with Gasteiger partial charge in [0.2, 0.25) is 17.7 Å². The zero-order chi connectivity index (χ0) is 28.7. The van der Waals surface area contributed by atoms with E-state index in [1.165, 1.54) is 18.9 Å². The highest BCUT2D eigenvalue weighted by atomic mass is 32.2. The number of nitrogens with one attached hydrogen (secondary N) is 4. The molecule has 0 spiro atoms. The molecule has 5 amide bonds. The quantitative estimate of drug-likeness (QED) is 0.348. The maximum Gasteiger partial charge on any atom is 0.407 e. The van der Waals surface area contributed by atoms with Gasteiger partial charge in [0, 0.05) is 7.05 Å². The van der Waals surface area contributed by atoms with E-state index in [1.807, 2.05) is 13.8 Å². The van der Waals surface area contributed by atoms with E-state index in [4.69, 9.17) is 11.2 Å². The summed E-state index contributed by atoms with van der Waals surface area (Å²) in [5.41, 5.74) is -0.0466. The van der Waals surface area contributed by atoms with Gasteiger partial charge in [-0.2, -0.15) is 0 Å². The number of carbonyl (C=O) groups is 5. The predicted molar refractivity (Wildman–Crippen MR) is 146 cm³/mol. The summed E-state index contributed by atoms with van der Waals surface area (Å²) in [7, 11) is 1.38. The molecule has 5 atom stereocenters. The number of carbonyl (C=O) groups excluding carboxylic acids is 5. The van der Waals surface area contributed by atoms with Crippen molar-refractivity contribution >= 4 is 41.5 Å². The van der Waals surface area contributed by atoms with E-state index in [-0.39, 0.29) is 11.9 Å². The second kappa shape index (κ2) is 12.9. The molecular formula is C27H35N5O6S. The highest BCUT2D eigenvalue weighted by Gasteiger charge is 2.54.